The second-order valence-corrected chi connectivity index (χ2v) is 7.76. The maximum Gasteiger partial charge on any atom is 0.225 e. The van der Waals surface area contributed by atoms with E-state index < -0.39 is 0 Å². The number of nitrogens with one attached hydrogen (secondary N) is 2. The van der Waals surface area contributed by atoms with E-state index in [1.807, 2.05) is 23.1 Å². The summed E-state index contributed by atoms with van der Waals surface area (Å²) in [6, 6.07) is 10.5. The average molecular weight is 526 g/mol. The molecule has 1 aromatic carbocycles. The van der Waals surface area contributed by atoms with Crippen molar-refractivity contribution in [3.63, 3.8) is 0 Å². The number of nitrogens with zero attached hydrogens (tertiary/aromatic N) is 2. The highest BCUT2D eigenvalue weighted by Crippen LogP contribution is 2.19. The zero-order chi connectivity index (χ0) is 20.6. The summed E-state index contributed by atoms with van der Waals surface area (Å²) in [4.78, 5) is 18.9. The molecule has 0 saturated carbocycles. The zero-order valence-electron chi connectivity index (χ0n) is 18.3. The first-order chi connectivity index (χ1) is 14.1. The monoisotopic (exact) mass is 526 g/mol. The minimum absolute atomic E-state index is 0. The molecule has 2 aromatic rings. The first-order valence-electron chi connectivity index (χ1n) is 10.9. The van der Waals surface area contributed by atoms with Crippen molar-refractivity contribution in [1.82, 2.24) is 15.5 Å². The number of carbonyl (C=O) groups is 1. The lowest BCUT2D eigenvalue weighted by Crippen LogP contribution is -2.50. The Balaban J connectivity index is 0.00000320. The summed E-state index contributed by atoms with van der Waals surface area (Å²) in [5.74, 6) is 2.28. The van der Waals surface area contributed by atoms with Gasteiger partial charge in [-0.15, -0.1) is 24.0 Å². The van der Waals surface area contributed by atoms with Crippen molar-refractivity contribution in [3.8, 4) is 0 Å². The summed E-state index contributed by atoms with van der Waals surface area (Å²) in [5.41, 5.74) is 0.930. The quantitative estimate of drug-likeness (QED) is 0.323. The molecule has 30 heavy (non-hydrogen) atoms. The van der Waals surface area contributed by atoms with Gasteiger partial charge in [0.2, 0.25) is 5.91 Å². The molecule has 1 saturated heterocycles. The number of hydrogen-bond donors (Lipinski definition) is 2. The summed E-state index contributed by atoms with van der Waals surface area (Å²) in [5, 5.41) is 8.02. The number of para-hydroxylation sites is 1. The van der Waals surface area contributed by atoms with Gasteiger partial charge in [0.05, 0.1) is 0 Å². The topological polar surface area (TPSA) is 69.9 Å². The predicted molar refractivity (Wildman–Crippen MR) is 134 cm³/mol. The molecule has 2 N–H and O–H groups in total. The fourth-order valence-corrected chi connectivity index (χ4v) is 3.99. The lowest BCUT2D eigenvalue weighted by molar-refractivity contribution is -0.136. The molecule has 7 heteroatoms. The maximum atomic E-state index is 12.5. The van der Waals surface area contributed by atoms with E-state index in [0.29, 0.717) is 11.9 Å². The van der Waals surface area contributed by atoms with E-state index in [-0.39, 0.29) is 29.9 Å². The van der Waals surface area contributed by atoms with Crippen LogP contribution in [0.1, 0.15) is 45.3 Å². The lowest BCUT2D eigenvalue weighted by atomic mass is 9.98. The number of furan rings is 1. The molecule has 2 heterocycles. The molecule has 1 aromatic heterocycles. The second kappa shape index (κ2) is 12.2. The first kappa shape index (κ1) is 24.5. The number of carbonyl (C=O) groups excluding carboxylic acids is 1. The fraction of sp³-hybridized carbons (Fsp3) is 0.565. The number of halogens is 1. The SMILES string of the molecule is CCC(CC)C(=O)N1CCC(NC(=NC)NCCc2cc3ccccc3o2)CC1.I. The van der Waals surface area contributed by atoms with Crippen LogP contribution in [0.3, 0.4) is 0 Å². The Morgan fingerprint density at radius 2 is 1.93 bits per heavy atom. The van der Waals surface area contributed by atoms with Crippen LogP contribution < -0.4 is 10.6 Å². The molecule has 0 unspecified atom stereocenters. The summed E-state index contributed by atoms with van der Waals surface area (Å²) < 4.78 is 5.87. The second-order valence-electron chi connectivity index (χ2n) is 7.76. The number of rotatable bonds is 7. The predicted octanol–water partition coefficient (Wildman–Crippen LogP) is 4.19. The molecule has 1 fully saturated rings. The van der Waals surface area contributed by atoms with Crippen LogP contribution in [0.25, 0.3) is 11.0 Å². The third kappa shape index (κ3) is 6.36. The van der Waals surface area contributed by atoms with E-state index in [1.165, 1.54) is 0 Å². The van der Waals surface area contributed by atoms with Gasteiger partial charge >= 0.3 is 0 Å². The van der Waals surface area contributed by atoms with Crippen LogP contribution in [0.5, 0.6) is 0 Å². The smallest absolute Gasteiger partial charge is 0.225 e. The maximum absolute atomic E-state index is 12.5. The normalized spacial score (nSPS) is 15.3. The molecule has 6 nitrogen and oxygen atoms in total. The van der Waals surface area contributed by atoms with Crippen LogP contribution >= 0.6 is 24.0 Å². The minimum Gasteiger partial charge on any atom is -0.461 e. The number of amides is 1. The van der Waals surface area contributed by atoms with Gasteiger partial charge in [0.15, 0.2) is 5.96 Å². The molecule has 1 aliphatic rings. The van der Waals surface area contributed by atoms with E-state index >= 15 is 0 Å². The van der Waals surface area contributed by atoms with Crippen molar-refractivity contribution in [3.05, 3.63) is 36.1 Å². The Kier molecular flexibility index (Phi) is 9.94. The number of aliphatic imine (C=N–C) groups is 1. The summed E-state index contributed by atoms with van der Waals surface area (Å²) in [6.45, 7) is 6.60. The standard InChI is InChI=1S/C23H34N4O2.HI/c1-4-17(5-2)22(28)27-14-11-19(12-15-27)26-23(24-3)25-13-10-20-16-18-8-6-7-9-21(18)29-20;/h6-9,16-17,19H,4-5,10-15H2,1-3H3,(H2,24,25,26);1H. The molecule has 166 valence electrons. The Bertz CT molecular complexity index is 790. The Morgan fingerprint density at radius 1 is 1.23 bits per heavy atom. The molecule has 0 atom stereocenters. The fourth-order valence-electron chi connectivity index (χ4n) is 3.99. The van der Waals surface area contributed by atoms with E-state index in [2.05, 4.69) is 41.6 Å². The van der Waals surface area contributed by atoms with Crippen molar-refractivity contribution in [2.45, 2.75) is 52.0 Å². The molecule has 0 spiro atoms. The Morgan fingerprint density at radius 3 is 2.57 bits per heavy atom. The van der Waals surface area contributed by atoms with Gasteiger partial charge < -0.3 is 20.0 Å². The summed E-state index contributed by atoms with van der Waals surface area (Å²) in [7, 11) is 1.79. The minimum atomic E-state index is 0. The van der Waals surface area contributed by atoms with E-state index in [9.17, 15) is 4.79 Å². The van der Waals surface area contributed by atoms with Crippen LogP contribution in [-0.2, 0) is 11.2 Å². The lowest BCUT2D eigenvalue weighted by Gasteiger charge is -2.34. The molecule has 1 aliphatic heterocycles. The highest BCUT2D eigenvalue weighted by Gasteiger charge is 2.26. The van der Waals surface area contributed by atoms with Gasteiger partial charge in [-0.25, -0.2) is 0 Å². The van der Waals surface area contributed by atoms with Crippen molar-refractivity contribution in [2.75, 3.05) is 26.7 Å². The average Bonchev–Trinajstić information content (AvgIpc) is 3.17. The number of benzene rings is 1. The molecule has 1 amide bonds. The molecular weight excluding hydrogens is 491 g/mol. The van der Waals surface area contributed by atoms with Gasteiger partial charge in [0.25, 0.3) is 0 Å². The molecule has 3 rings (SSSR count). The van der Waals surface area contributed by atoms with Gasteiger partial charge in [-0.05, 0) is 37.8 Å². The highest BCUT2D eigenvalue weighted by atomic mass is 127. The van der Waals surface area contributed by atoms with Crippen LogP contribution in [0.2, 0.25) is 0 Å². The van der Waals surface area contributed by atoms with Crippen molar-refractivity contribution in [1.29, 1.82) is 0 Å². The Hall–Kier alpha value is -1.77. The van der Waals surface area contributed by atoms with Crippen molar-refractivity contribution < 1.29 is 9.21 Å². The van der Waals surface area contributed by atoms with Crippen molar-refractivity contribution >= 4 is 46.8 Å². The number of hydrogen-bond acceptors (Lipinski definition) is 3. The summed E-state index contributed by atoms with van der Waals surface area (Å²) in [6.07, 6.45) is 4.56. The molecular formula is C23H35IN4O2. The van der Waals surface area contributed by atoms with Crippen LogP contribution in [0.15, 0.2) is 39.7 Å². The third-order valence-electron chi connectivity index (χ3n) is 5.85. The largest absolute Gasteiger partial charge is 0.461 e. The number of fused-ring (bicyclic) bond motifs is 1. The third-order valence-corrected chi connectivity index (χ3v) is 5.85. The van der Waals surface area contributed by atoms with E-state index in [1.54, 1.807) is 7.05 Å². The first-order valence-corrected chi connectivity index (χ1v) is 10.9. The number of guanidine groups is 1. The van der Waals surface area contributed by atoms with Gasteiger partial charge in [0.1, 0.15) is 11.3 Å². The van der Waals surface area contributed by atoms with Crippen LogP contribution in [-0.4, -0.2) is 49.5 Å². The summed E-state index contributed by atoms with van der Waals surface area (Å²) >= 11 is 0. The van der Waals surface area contributed by atoms with E-state index in [0.717, 1.165) is 74.4 Å². The van der Waals surface area contributed by atoms with E-state index in [4.69, 9.17) is 4.42 Å². The van der Waals surface area contributed by atoms with Crippen LogP contribution in [0, 0.1) is 5.92 Å². The molecule has 0 aliphatic carbocycles. The Labute approximate surface area is 196 Å². The van der Waals surface area contributed by atoms with Crippen molar-refractivity contribution in [2.24, 2.45) is 10.9 Å². The number of likely N-dealkylation sites (tertiary alicyclic amines) is 1. The van der Waals surface area contributed by atoms with Crippen LogP contribution in [0.4, 0.5) is 0 Å². The molecule has 0 radical (unpaired) electrons. The van der Waals surface area contributed by atoms with Gasteiger partial charge in [-0.1, -0.05) is 32.0 Å². The van der Waals surface area contributed by atoms with Gasteiger partial charge in [0, 0.05) is 50.4 Å². The molecule has 0 bridgehead atoms. The zero-order valence-corrected chi connectivity index (χ0v) is 20.6. The number of piperidine rings is 1. The van der Waals surface area contributed by atoms with Gasteiger partial charge in [-0.2, -0.15) is 0 Å². The highest BCUT2D eigenvalue weighted by molar-refractivity contribution is 14.0. The van der Waals surface area contributed by atoms with Gasteiger partial charge in [-0.3, -0.25) is 9.79 Å².